The van der Waals surface area contributed by atoms with Crippen molar-refractivity contribution in [3.8, 4) is 0 Å². The molecule has 20 heteroatoms. The maximum atomic E-state index is 13.9. The molecule has 0 aliphatic carbocycles. The molecule has 0 unspecified atom stereocenters. The predicted octanol–water partition coefficient (Wildman–Crippen LogP) is 12.2. The van der Waals surface area contributed by atoms with Gasteiger partial charge in [0.15, 0.2) is 0 Å². The second kappa shape index (κ2) is 22.6. The molecule has 339 valence electrons. The van der Waals surface area contributed by atoms with Crippen LogP contribution in [0.1, 0.15) is 50.4 Å². The minimum Gasteiger partial charge on any atom is -0.465 e. The van der Waals surface area contributed by atoms with E-state index in [0.717, 1.165) is 36.1 Å². The van der Waals surface area contributed by atoms with Crippen molar-refractivity contribution in [2.75, 3.05) is 23.2 Å². The number of nitrogens with zero attached hydrogens (tertiary/aromatic N) is 1. The first-order valence-corrected chi connectivity index (χ1v) is 23.9. The number of esters is 2. The van der Waals surface area contributed by atoms with Gasteiger partial charge in [0.05, 0.1) is 47.2 Å². The van der Waals surface area contributed by atoms with Gasteiger partial charge in [0, 0.05) is 28.0 Å². The summed E-state index contributed by atoms with van der Waals surface area (Å²) in [5.41, 5.74) is 0.431. The van der Waals surface area contributed by atoms with Crippen LogP contribution in [0.2, 0.25) is 0 Å². The zero-order chi connectivity index (χ0) is 45.6. The smallest absolute Gasteiger partial charge is 0.419 e. The van der Waals surface area contributed by atoms with Gasteiger partial charge in [-0.15, -0.1) is 22.7 Å². The molecule has 7 aromatic rings. The van der Waals surface area contributed by atoms with E-state index in [0.29, 0.717) is 33.3 Å². The molecule has 0 aliphatic heterocycles. The number of alkyl halides is 3. The number of methoxy groups -OCH3 is 2. The number of carbonyl (C=O) groups excluding carboxylic acids is 2. The predicted molar refractivity (Wildman–Crippen MR) is 250 cm³/mol. The normalized spacial score (nSPS) is 11.2. The van der Waals surface area contributed by atoms with Crippen molar-refractivity contribution in [2.24, 2.45) is 0 Å². The van der Waals surface area contributed by atoms with Crippen molar-refractivity contribution in [2.45, 2.75) is 43.8 Å². The molecule has 1 radical (unpaired) electrons. The number of aryl methyl sites for hydroxylation is 2. The molecule has 1 N–H and O–H groups in total. The molecule has 0 aliphatic rings. The molecule has 5 aromatic carbocycles. The standard InChI is InChI=1S/C25H19F4NO4S2.C17H15NO4S2.CH2I.CH4.V/c1-15-19-5-3-4-6-22(19)35-23(15)30(14-16-7-12-21(26)20(13-16)25(27,28)29)36(32,33)18-10-8-17(9-11-18)24(31)34-2;1-11-14-5-3-4-6-15(14)23-16(11)18-24(20,21)13-9-7-12(8-10-13)17(19)22-2;1-2;;/h3-13H,14H2,1-2H3;3-10,18H,1-2H3;1H2;1H4;/q;;-1;;. The summed E-state index contributed by atoms with van der Waals surface area (Å²) in [5.74, 6) is -2.61. The second-order valence-electron chi connectivity index (χ2n) is 13.0. The summed E-state index contributed by atoms with van der Waals surface area (Å²) in [6.45, 7) is 3.14. The Bertz CT molecular complexity index is 2960. The molecule has 2 aromatic heterocycles. The Morgan fingerprint density at radius 3 is 1.66 bits per heavy atom. The van der Waals surface area contributed by atoms with Crippen LogP contribution >= 0.6 is 45.3 Å². The maximum Gasteiger partial charge on any atom is 0.419 e. The molecule has 0 amide bonds. The van der Waals surface area contributed by atoms with E-state index in [9.17, 15) is 44.0 Å². The first-order chi connectivity index (χ1) is 29.3. The molecule has 7 rings (SSSR count). The third-order valence-electron chi connectivity index (χ3n) is 9.23. The minimum absolute atomic E-state index is 0. The van der Waals surface area contributed by atoms with Crippen molar-refractivity contribution in [1.29, 1.82) is 0 Å². The second-order valence-corrected chi connectivity index (χ2v) is 18.7. The van der Waals surface area contributed by atoms with Crippen molar-refractivity contribution >= 4 is 107 Å². The number of benzene rings is 5. The van der Waals surface area contributed by atoms with Gasteiger partial charge in [-0.3, -0.25) is 14.0 Å². The molecule has 0 bridgehead atoms. The van der Waals surface area contributed by atoms with Crippen LogP contribution < -0.4 is 9.03 Å². The van der Waals surface area contributed by atoms with Gasteiger partial charge in [0.25, 0.3) is 20.0 Å². The van der Waals surface area contributed by atoms with Gasteiger partial charge in [0.2, 0.25) is 0 Å². The summed E-state index contributed by atoms with van der Waals surface area (Å²) in [7, 11) is -5.57. The number of sulfonamides is 2. The van der Waals surface area contributed by atoms with E-state index in [1.54, 1.807) is 19.1 Å². The molecule has 0 spiro atoms. The average molecular weight is 1110 g/mol. The third-order valence-corrected chi connectivity index (χ3v) is 15.1. The van der Waals surface area contributed by atoms with Crippen LogP contribution in [0.4, 0.5) is 27.6 Å². The van der Waals surface area contributed by atoms with Crippen LogP contribution in [-0.2, 0) is 60.8 Å². The number of rotatable bonds is 10. The summed E-state index contributed by atoms with van der Waals surface area (Å²) in [6, 6.07) is 28.0. The molecule has 64 heavy (non-hydrogen) atoms. The number of thiophene rings is 2. The molecule has 0 saturated heterocycles. The van der Waals surface area contributed by atoms with E-state index in [-0.39, 0.29) is 46.9 Å². The molecule has 0 saturated carbocycles. The molecule has 0 fully saturated rings. The van der Waals surface area contributed by atoms with Gasteiger partial charge < -0.3 is 32.1 Å². The van der Waals surface area contributed by atoms with Gasteiger partial charge in [-0.2, -0.15) is 13.2 Å². The van der Waals surface area contributed by atoms with Crippen molar-refractivity contribution < 1.29 is 72.0 Å². The Labute approximate surface area is 402 Å². The van der Waals surface area contributed by atoms with Gasteiger partial charge in [-0.25, -0.2) is 30.8 Å². The van der Waals surface area contributed by atoms with E-state index in [2.05, 4.69) is 19.1 Å². The number of hydrogen-bond donors (Lipinski definition) is 1. The van der Waals surface area contributed by atoms with Crippen molar-refractivity contribution in [3.05, 3.63) is 159 Å². The van der Waals surface area contributed by atoms with Crippen LogP contribution in [-0.4, -0.2) is 43.0 Å². The molecular weight excluding hydrogens is 1070 g/mol. The Morgan fingerprint density at radius 2 is 1.19 bits per heavy atom. The third kappa shape index (κ3) is 12.0. The number of ether oxygens (including phenoxy) is 2. The van der Waals surface area contributed by atoms with E-state index in [1.165, 1.54) is 85.4 Å². The fourth-order valence-electron chi connectivity index (χ4n) is 6.07. The first-order valence-electron chi connectivity index (χ1n) is 17.9. The van der Waals surface area contributed by atoms with E-state index >= 15 is 0 Å². The summed E-state index contributed by atoms with van der Waals surface area (Å²) in [5, 5.41) is 2.73. The van der Waals surface area contributed by atoms with E-state index in [1.807, 2.05) is 65.9 Å². The van der Waals surface area contributed by atoms with Crippen LogP contribution in [0.15, 0.2) is 125 Å². The first kappa shape index (κ1) is 53.8. The monoisotopic (exact) mass is 1110 g/mol. The average Bonchev–Trinajstić information content (AvgIpc) is 3.77. The Balaban J connectivity index is 0.000000340. The fourth-order valence-corrected chi connectivity index (χ4v) is 11.5. The number of anilines is 2. The Morgan fingerprint density at radius 1 is 0.719 bits per heavy atom. The zero-order valence-corrected chi connectivity index (χ0v) is 40.4. The van der Waals surface area contributed by atoms with Crippen LogP contribution in [0.3, 0.4) is 0 Å². The number of nitrogens with one attached hydrogen (secondary N) is 1. The Hall–Kier alpha value is -4.51. The number of hydrogen-bond acceptors (Lipinski definition) is 10. The maximum absolute atomic E-state index is 13.9. The molecule has 10 nitrogen and oxygen atoms in total. The largest absolute Gasteiger partial charge is 0.465 e. The summed E-state index contributed by atoms with van der Waals surface area (Å²) < 4.78 is 121. The molecule has 0 atom stereocenters. The van der Waals surface area contributed by atoms with Gasteiger partial charge in [-0.05, 0) is 114 Å². The van der Waals surface area contributed by atoms with Gasteiger partial charge in [-0.1, -0.05) is 49.9 Å². The van der Waals surface area contributed by atoms with Gasteiger partial charge in [0.1, 0.15) is 15.8 Å². The van der Waals surface area contributed by atoms with Crippen LogP contribution in [0.5, 0.6) is 0 Å². The van der Waals surface area contributed by atoms with Crippen LogP contribution in [0.25, 0.3) is 20.2 Å². The minimum atomic E-state index is -4.94. The Kier molecular flexibility index (Phi) is 19.0. The van der Waals surface area contributed by atoms with Crippen molar-refractivity contribution in [1.82, 2.24) is 0 Å². The SMILES string of the molecule is C.COC(=O)c1ccc(S(=O)(=O)N(Cc2ccc(F)c(C(F)(F)F)c2)c2sc3ccccc3c2C)cc1.COC(=O)c1ccc(S(=O)(=O)Nc2sc3ccccc3c2C)cc1.[CH2-]I.[V]. The number of halogens is 5. The van der Waals surface area contributed by atoms with E-state index < -0.39 is 56.1 Å². The number of fused-ring (bicyclic) bond motifs is 2. The number of carbonyl (C=O) groups is 2. The summed E-state index contributed by atoms with van der Waals surface area (Å²) in [4.78, 5) is 26.3. The zero-order valence-electron chi connectivity index (χ0n) is 33.6. The fraction of sp³-hybridized carbons (Fsp3) is 0.159. The molecule has 2 heterocycles. The van der Waals surface area contributed by atoms with Crippen LogP contribution in [0, 0.1) is 24.6 Å². The summed E-state index contributed by atoms with van der Waals surface area (Å²) >= 11 is 4.47. The van der Waals surface area contributed by atoms with E-state index in [4.69, 9.17) is 0 Å². The van der Waals surface area contributed by atoms with Gasteiger partial charge >= 0.3 is 18.1 Å². The molecular formula is C44H40F4IN2O8S4V-. The summed E-state index contributed by atoms with van der Waals surface area (Å²) in [6.07, 6.45) is -4.94. The van der Waals surface area contributed by atoms with Crippen molar-refractivity contribution in [3.63, 3.8) is 0 Å². The quantitative estimate of drug-likeness (QED) is 0.0619. The topological polar surface area (TPSA) is 136 Å².